The van der Waals surface area contributed by atoms with E-state index in [1.807, 2.05) is 24.3 Å². The zero-order valence-corrected chi connectivity index (χ0v) is 18.7. The Labute approximate surface area is 184 Å². The molecule has 1 amide bonds. The maximum atomic E-state index is 12.5. The van der Waals surface area contributed by atoms with Crippen LogP contribution in [0.1, 0.15) is 25.5 Å². The second-order valence-electron chi connectivity index (χ2n) is 7.47. The molecule has 9 heteroatoms. The molecule has 0 aromatic heterocycles. The molecule has 2 aliphatic heterocycles. The number of nitrogens with one attached hydrogen (secondary N) is 2. The first-order chi connectivity index (χ1) is 12.4. The van der Waals surface area contributed by atoms with Crippen molar-refractivity contribution >= 4 is 42.3 Å². The fraction of sp³-hybridized carbons (Fsp3) is 0.632. The molecular formula is C19H30Cl3N3O3. The number of hydrogen-bond acceptors (Lipinski definition) is 5. The van der Waals surface area contributed by atoms with Gasteiger partial charge in [-0.1, -0.05) is 23.7 Å². The van der Waals surface area contributed by atoms with Crippen molar-refractivity contribution < 1.29 is 14.3 Å². The molecule has 0 bridgehead atoms. The van der Waals surface area contributed by atoms with Gasteiger partial charge in [0.25, 0.3) is 0 Å². The number of nitrogens with zero attached hydrogens (tertiary/aromatic N) is 1. The van der Waals surface area contributed by atoms with Crippen LogP contribution < -0.4 is 10.6 Å². The van der Waals surface area contributed by atoms with Crippen LogP contribution in [0.5, 0.6) is 0 Å². The molecule has 6 nitrogen and oxygen atoms in total. The first-order valence-electron chi connectivity index (χ1n) is 9.17. The molecule has 3 rings (SSSR count). The van der Waals surface area contributed by atoms with Crippen LogP contribution in [0.25, 0.3) is 0 Å². The van der Waals surface area contributed by atoms with Crippen LogP contribution in [0.3, 0.4) is 0 Å². The Morgan fingerprint density at radius 2 is 2.04 bits per heavy atom. The number of carbonyl (C=O) groups excluding carboxylic acids is 1. The minimum absolute atomic E-state index is 0. The molecule has 0 spiro atoms. The molecule has 1 aromatic carbocycles. The minimum Gasteiger partial charge on any atom is -0.378 e. The molecule has 0 saturated carbocycles. The first kappa shape index (κ1) is 25.4. The number of hydrogen-bond donors (Lipinski definition) is 2. The first-order valence-corrected chi connectivity index (χ1v) is 9.55. The summed E-state index contributed by atoms with van der Waals surface area (Å²) in [5.74, 6) is -0.0174. The number of rotatable bonds is 5. The number of benzene rings is 1. The van der Waals surface area contributed by atoms with Gasteiger partial charge in [0.05, 0.1) is 31.5 Å². The number of amides is 1. The van der Waals surface area contributed by atoms with Gasteiger partial charge in [0.2, 0.25) is 5.91 Å². The number of morpholine rings is 2. The Hall–Kier alpha value is -0.600. The van der Waals surface area contributed by atoms with Crippen molar-refractivity contribution in [3.8, 4) is 0 Å². The number of carbonyl (C=O) groups is 1. The highest BCUT2D eigenvalue weighted by Gasteiger charge is 2.32. The lowest BCUT2D eigenvalue weighted by atomic mass is 10.0. The lowest BCUT2D eigenvalue weighted by Crippen LogP contribution is -2.54. The maximum Gasteiger partial charge on any atom is 0.239 e. The average molecular weight is 455 g/mol. The second kappa shape index (κ2) is 11.6. The molecule has 0 radical (unpaired) electrons. The van der Waals surface area contributed by atoms with Gasteiger partial charge >= 0.3 is 0 Å². The van der Waals surface area contributed by atoms with Crippen molar-refractivity contribution in [2.24, 2.45) is 0 Å². The molecule has 2 saturated heterocycles. The molecule has 2 heterocycles. The maximum absolute atomic E-state index is 12.5. The SMILES string of the molecule is CC1(C)CN(C(CNC(=O)C2COCCN2)c2ccc(Cl)cc2)CCO1.Cl.Cl. The Kier molecular flexibility index (Phi) is 10.5. The summed E-state index contributed by atoms with van der Waals surface area (Å²) in [6.45, 7) is 8.83. The van der Waals surface area contributed by atoms with E-state index in [1.165, 1.54) is 0 Å². The molecule has 2 N–H and O–H groups in total. The van der Waals surface area contributed by atoms with E-state index in [9.17, 15) is 4.79 Å². The fourth-order valence-corrected chi connectivity index (χ4v) is 3.64. The third-order valence-corrected chi connectivity index (χ3v) is 5.11. The molecule has 160 valence electrons. The van der Waals surface area contributed by atoms with Gasteiger partial charge in [-0.3, -0.25) is 9.69 Å². The molecule has 2 unspecified atom stereocenters. The van der Waals surface area contributed by atoms with Crippen molar-refractivity contribution in [2.75, 3.05) is 46.0 Å². The average Bonchev–Trinajstić information content (AvgIpc) is 2.63. The molecule has 0 aliphatic carbocycles. The van der Waals surface area contributed by atoms with E-state index in [1.54, 1.807) is 0 Å². The van der Waals surface area contributed by atoms with Crippen LogP contribution in [-0.4, -0.2) is 68.4 Å². The van der Waals surface area contributed by atoms with Crippen molar-refractivity contribution in [3.63, 3.8) is 0 Å². The van der Waals surface area contributed by atoms with Crippen LogP contribution in [-0.2, 0) is 14.3 Å². The Bertz CT molecular complexity index is 610. The van der Waals surface area contributed by atoms with E-state index in [-0.39, 0.29) is 48.4 Å². The van der Waals surface area contributed by atoms with E-state index >= 15 is 0 Å². The van der Waals surface area contributed by atoms with E-state index in [2.05, 4.69) is 29.4 Å². The molecular weight excluding hydrogens is 425 g/mol. The van der Waals surface area contributed by atoms with Crippen LogP contribution >= 0.6 is 36.4 Å². The Balaban J connectivity index is 0.00000196. The van der Waals surface area contributed by atoms with Crippen LogP contribution in [0.4, 0.5) is 0 Å². The molecule has 2 atom stereocenters. The largest absolute Gasteiger partial charge is 0.378 e. The number of ether oxygens (including phenoxy) is 2. The summed E-state index contributed by atoms with van der Waals surface area (Å²) in [6, 6.07) is 7.65. The Morgan fingerprint density at radius 3 is 2.64 bits per heavy atom. The van der Waals surface area contributed by atoms with Gasteiger partial charge in [0.1, 0.15) is 6.04 Å². The third kappa shape index (κ3) is 7.02. The lowest BCUT2D eigenvalue weighted by Gasteiger charge is -2.42. The fourth-order valence-electron chi connectivity index (χ4n) is 3.52. The van der Waals surface area contributed by atoms with Gasteiger partial charge < -0.3 is 20.1 Å². The normalized spacial score (nSPS) is 23.0. The van der Waals surface area contributed by atoms with Gasteiger partial charge in [0, 0.05) is 31.2 Å². The number of halogens is 3. The van der Waals surface area contributed by atoms with E-state index in [0.717, 1.165) is 18.7 Å². The van der Waals surface area contributed by atoms with Gasteiger partial charge in [0.15, 0.2) is 0 Å². The standard InChI is InChI=1S/C19H28ClN3O3.2ClH/c1-19(2)13-23(8-10-26-19)17(14-3-5-15(20)6-4-14)11-22-18(24)16-12-25-9-7-21-16;;/h3-6,16-17,21H,7-13H2,1-2H3,(H,22,24);2*1H. The summed E-state index contributed by atoms with van der Waals surface area (Å²) < 4.78 is 11.2. The summed E-state index contributed by atoms with van der Waals surface area (Å²) in [6.07, 6.45) is 0. The van der Waals surface area contributed by atoms with Crippen molar-refractivity contribution in [1.29, 1.82) is 0 Å². The highest BCUT2D eigenvalue weighted by molar-refractivity contribution is 6.30. The monoisotopic (exact) mass is 453 g/mol. The van der Waals surface area contributed by atoms with Gasteiger partial charge in [-0.15, -0.1) is 24.8 Å². The third-order valence-electron chi connectivity index (χ3n) is 4.86. The van der Waals surface area contributed by atoms with E-state index in [0.29, 0.717) is 37.9 Å². The zero-order valence-electron chi connectivity index (χ0n) is 16.3. The smallest absolute Gasteiger partial charge is 0.239 e. The lowest BCUT2D eigenvalue weighted by molar-refractivity contribution is -0.126. The quantitative estimate of drug-likeness (QED) is 0.715. The topological polar surface area (TPSA) is 62.8 Å². The molecule has 1 aromatic rings. The summed E-state index contributed by atoms with van der Waals surface area (Å²) >= 11 is 6.05. The summed E-state index contributed by atoms with van der Waals surface area (Å²) in [5.41, 5.74) is 0.936. The predicted octanol–water partition coefficient (Wildman–Crippen LogP) is 2.44. The predicted molar refractivity (Wildman–Crippen MR) is 116 cm³/mol. The highest BCUT2D eigenvalue weighted by atomic mass is 35.5. The van der Waals surface area contributed by atoms with Gasteiger partial charge in [-0.05, 0) is 31.5 Å². The van der Waals surface area contributed by atoms with Crippen LogP contribution in [0.2, 0.25) is 5.02 Å². The van der Waals surface area contributed by atoms with Gasteiger partial charge in [-0.2, -0.15) is 0 Å². The molecule has 2 aliphatic rings. The summed E-state index contributed by atoms with van der Waals surface area (Å²) in [5, 5.41) is 7.00. The van der Waals surface area contributed by atoms with E-state index < -0.39 is 0 Å². The molecule has 2 fully saturated rings. The van der Waals surface area contributed by atoms with Crippen LogP contribution in [0.15, 0.2) is 24.3 Å². The summed E-state index contributed by atoms with van der Waals surface area (Å²) in [7, 11) is 0. The van der Waals surface area contributed by atoms with Crippen molar-refractivity contribution in [1.82, 2.24) is 15.5 Å². The van der Waals surface area contributed by atoms with Crippen LogP contribution in [0, 0.1) is 0 Å². The molecule has 28 heavy (non-hydrogen) atoms. The van der Waals surface area contributed by atoms with Crippen molar-refractivity contribution in [3.05, 3.63) is 34.9 Å². The van der Waals surface area contributed by atoms with Gasteiger partial charge in [-0.25, -0.2) is 0 Å². The van der Waals surface area contributed by atoms with E-state index in [4.69, 9.17) is 21.1 Å². The summed E-state index contributed by atoms with van der Waals surface area (Å²) in [4.78, 5) is 14.9. The zero-order chi connectivity index (χ0) is 18.6. The minimum atomic E-state index is -0.282. The van der Waals surface area contributed by atoms with Crippen molar-refractivity contribution in [2.45, 2.75) is 31.5 Å². The second-order valence-corrected chi connectivity index (χ2v) is 7.91. The highest BCUT2D eigenvalue weighted by Crippen LogP contribution is 2.27. The Morgan fingerprint density at radius 1 is 1.32 bits per heavy atom.